The average molecular weight is 528 g/mol. The van der Waals surface area contributed by atoms with Crippen molar-refractivity contribution in [1.29, 1.82) is 0 Å². The molecule has 8 nitrogen and oxygen atoms in total. The van der Waals surface area contributed by atoms with E-state index in [0.717, 1.165) is 21.5 Å². The minimum absolute atomic E-state index is 0.120. The van der Waals surface area contributed by atoms with Gasteiger partial charge >= 0.3 is 10.8 Å². The number of aromatic nitrogens is 2. The number of amides is 1. The first-order valence-corrected chi connectivity index (χ1v) is 12.9. The molecule has 0 unspecified atom stereocenters. The average Bonchev–Trinajstić information content (AvgIpc) is 3.28. The number of unbranched alkanes of at least 4 members (excludes halogenated alkanes) is 2. The van der Waals surface area contributed by atoms with Crippen LogP contribution in [0.15, 0.2) is 46.1 Å². The number of thiocarbonyl (C=S) groups is 1. The van der Waals surface area contributed by atoms with Crippen LogP contribution in [0.1, 0.15) is 43.1 Å². The Morgan fingerprint density at radius 3 is 2.69 bits per heavy atom. The van der Waals surface area contributed by atoms with Gasteiger partial charge in [0, 0.05) is 25.5 Å². The standard InChI is InChI=1S/C24H21N3O5S3/c1-14(28)27-18-10-9-15(12-19(18)34-23(27)32)17-7-5-6-16(25-17)13-20-22(31)26(24(33)35-20)11-4-2-3-8-21(29)30/h5-7,9-10,12-13H,2-4,8,11H2,1H3,(H,29,30)/b20-13-. The highest BCUT2D eigenvalue weighted by molar-refractivity contribution is 8.26. The summed E-state index contributed by atoms with van der Waals surface area (Å²) >= 11 is 7.60. The molecule has 1 fully saturated rings. The molecular weight excluding hydrogens is 506 g/mol. The molecule has 0 radical (unpaired) electrons. The first-order chi connectivity index (χ1) is 16.7. The van der Waals surface area contributed by atoms with E-state index >= 15 is 0 Å². The lowest BCUT2D eigenvalue weighted by Crippen LogP contribution is -2.29. The van der Waals surface area contributed by atoms with Crippen molar-refractivity contribution in [1.82, 2.24) is 14.5 Å². The van der Waals surface area contributed by atoms with Gasteiger partial charge in [0.1, 0.15) is 4.32 Å². The number of aliphatic carboxylic acids is 1. The number of benzene rings is 1. The van der Waals surface area contributed by atoms with Crippen LogP contribution in [-0.2, 0) is 9.59 Å². The van der Waals surface area contributed by atoms with E-state index in [1.807, 2.05) is 24.3 Å². The largest absolute Gasteiger partial charge is 0.481 e. The highest BCUT2D eigenvalue weighted by Crippen LogP contribution is 2.33. The monoisotopic (exact) mass is 527 g/mol. The summed E-state index contributed by atoms with van der Waals surface area (Å²) in [4.78, 5) is 53.8. The molecule has 0 bridgehead atoms. The van der Waals surface area contributed by atoms with Crippen LogP contribution in [0.2, 0.25) is 0 Å². The Balaban J connectivity index is 1.51. The van der Waals surface area contributed by atoms with Crippen molar-refractivity contribution in [3.05, 3.63) is 56.7 Å². The van der Waals surface area contributed by atoms with Gasteiger partial charge in [0.2, 0.25) is 5.91 Å². The van der Waals surface area contributed by atoms with Crippen molar-refractivity contribution in [3.8, 4) is 11.3 Å². The number of carbonyl (C=O) groups excluding carboxylic acids is 2. The zero-order valence-corrected chi connectivity index (χ0v) is 21.2. The molecule has 0 spiro atoms. The highest BCUT2D eigenvalue weighted by Gasteiger charge is 2.31. The number of hydrogen-bond donors (Lipinski definition) is 1. The van der Waals surface area contributed by atoms with E-state index in [4.69, 9.17) is 17.3 Å². The maximum atomic E-state index is 12.9. The molecule has 11 heteroatoms. The van der Waals surface area contributed by atoms with Crippen molar-refractivity contribution < 1.29 is 19.5 Å². The summed E-state index contributed by atoms with van der Waals surface area (Å²) in [6.45, 7) is 1.81. The minimum Gasteiger partial charge on any atom is -0.481 e. The van der Waals surface area contributed by atoms with Crippen molar-refractivity contribution >= 4 is 73.7 Å². The van der Waals surface area contributed by atoms with E-state index in [1.54, 1.807) is 23.1 Å². The lowest BCUT2D eigenvalue weighted by molar-refractivity contribution is -0.137. The van der Waals surface area contributed by atoms with Crippen LogP contribution in [0, 0.1) is 0 Å². The number of pyridine rings is 1. The molecule has 1 aromatic carbocycles. The molecular formula is C24H21N3O5S3. The second-order valence-electron chi connectivity index (χ2n) is 7.89. The lowest BCUT2D eigenvalue weighted by atomic mass is 10.1. The number of carboxylic acid groups (broad SMARTS) is 1. The van der Waals surface area contributed by atoms with Crippen molar-refractivity contribution in [2.24, 2.45) is 0 Å². The molecule has 1 saturated heterocycles. The summed E-state index contributed by atoms with van der Waals surface area (Å²) < 4.78 is 2.33. The number of rotatable bonds is 8. The van der Waals surface area contributed by atoms with Crippen molar-refractivity contribution in [2.45, 2.75) is 32.6 Å². The number of carbonyl (C=O) groups is 3. The zero-order valence-electron chi connectivity index (χ0n) is 18.7. The van der Waals surface area contributed by atoms with Crippen molar-refractivity contribution in [2.75, 3.05) is 6.54 Å². The van der Waals surface area contributed by atoms with Gasteiger partial charge in [0.15, 0.2) is 0 Å². The first-order valence-electron chi connectivity index (χ1n) is 10.9. The van der Waals surface area contributed by atoms with E-state index < -0.39 is 5.97 Å². The van der Waals surface area contributed by atoms with Gasteiger partial charge < -0.3 is 5.11 Å². The van der Waals surface area contributed by atoms with Gasteiger partial charge in [-0.1, -0.05) is 53.9 Å². The number of hydrogen-bond acceptors (Lipinski definition) is 8. The number of nitrogens with zero attached hydrogens (tertiary/aromatic N) is 3. The molecule has 0 atom stereocenters. The molecule has 0 saturated carbocycles. The summed E-state index contributed by atoms with van der Waals surface area (Å²) in [6, 6.07) is 10.8. The fraction of sp³-hybridized carbons (Fsp3) is 0.250. The van der Waals surface area contributed by atoms with Crippen LogP contribution < -0.4 is 4.87 Å². The van der Waals surface area contributed by atoms with E-state index in [1.165, 1.54) is 18.7 Å². The fourth-order valence-corrected chi connectivity index (χ4v) is 5.97. The molecule has 0 aliphatic carbocycles. The third-order valence-electron chi connectivity index (χ3n) is 5.39. The van der Waals surface area contributed by atoms with E-state index in [2.05, 4.69) is 4.98 Å². The number of fused-ring (bicyclic) bond motifs is 1. The molecule has 1 N–H and O–H groups in total. The maximum Gasteiger partial charge on any atom is 0.314 e. The Labute approximate surface area is 214 Å². The number of thioether (sulfide) groups is 1. The van der Waals surface area contributed by atoms with Crippen LogP contribution >= 0.6 is 35.3 Å². The topological polar surface area (TPSA) is 110 Å². The van der Waals surface area contributed by atoms with Gasteiger partial charge in [-0.3, -0.25) is 24.1 Å². The van der Waals surface area contributed by atoms with Gasteiger partial charge in [-0.15, -0.1) is 0 Å². The highest BCUT2D eigenvalue weighted by atomic mass is 32.2. The Morgan fingerprint density at radius 2 is 1.94 bits per heavy atom. The number of carboxylic acids is 1. The predicted octanol–water partition coefficient (Wildman–Crippen LogP) is 4.63. The summed E-state index contributed by atoms with van der Waals surface area (Å²) in [7, 11) is 0. The van der Waals surface area contributed by atoms with Gasteiger partial charge in [0.05, 0.1) is 26.5 Å². The summed E-state index contributed by atoms with van der Waals surface area (Å²) in [5.74, 6) is -1.33. The molecule has 1 amide bonds. The van der Waals surface area contributed by atoms with E-state index in [9.17, 15) is 19.2 Å². The molecule has 2 aromatic heterocycles. The fourth-order valence-electron chi connectivity index (χ4n) is 3.72. The minimum atomic E-state index is -0.821. The Kier molecular flexibility index (Phi) is 7.58. The molecule has 180 valence electrons. The Morgan fingerprint density at radius 1 is 1.14 bits per heavy atom. The maximum absolute atomic E-state index is 12.9. The van der Waals surface area contributed by atoms with Crippen molar-refractivity contribution in [3.63, 3.8) is 0 Å². The van der Waals surface area contributed by atoms with Crippen LogP contribution in [0.25, 0.3) is 27.6 Å². The SMILES string of the molecule is CC(=O)n1c(=O)sc2cc(-c3cccc(/C=C4\SC(=S)N(CCCCCC(=O)O)C4=O)n3)ccc21. The molecule has 1 aliphatic rings. The van der Waals surface area contributed by atoms with Crippen LogP contribution in [-0.4, -0.2) is 48.2 Å². The van der Waals surface area contributed by atoms with Gasteiger partial charge in [-0.05, 0) is 43.2 Å². The lowest BCUT2D eigenvalue weighted by Gasteiger charge is -2.13. The second-order valence-corrected chi connectivity index (χ2v) is 10.6. The normalized spacial score (nSPS) is 14.9. The second kappa shape index (κ2) is 10.6. The molecule has 4 rings (SSSR count). The Bertz CT molecular complexity index is 1440. The number of thiazole rings is 1. The van der Waals surface area contributed by atoms with Gasteiger partial charge in [0.25, 0.3) is 5.91 Å². The summed E-state index contributed by atoms with van der Waals surface area (Å²) in [5, 5.41) is 8.73. The van der Waals surface area contributed by atoms with E-state index in [-0.39, 0.29) is 23.1 Å². The third kappa shape index (κ3) is 5.58. The third-order valence-corrected chi connectivity index (χ3v) is 7.67. The predicted molar refractivity (Wildman–Crippen MR) is 142 cm³/mol. The molecule has 35 heavy (non-hydrogen) atoms. The quantitative estimate of drug-likeness (QED) is 0.257. The molecule has 1 aliphatic heterocycles. The van der Waals surface area contributed by atoms with E-state index in [0.29, 0.717) is 56.6 Å². The van der Waals surface area contributed by atoms with Crippen LogP contribution in [0.3, 0.4) is 0 Å². The van der Waals surface area contributed by atoms with Crippen LogP contribution in [0.5, 0.6) is 0 Å². The van der Waals surface area contributed by atoms with Crippen LogP contribution in [0.4, 0.5) is 0 Å². The smallest absolute Gasteiger partial charge is 0.314 e. The zero-order chi connectivity index (χ0) is 25.1. The molecule has 3 heterocycles. The van der Waals surface area contributed by atoms with Gasteiger partial charge in [-0.2, -0.15) is 0 Å². The summed E-state index contributed by atoms with van der Waals surface area (Å²) in [6.07, 6.45) is 3.78. The molecule has 3 aromatic rings. The van der Waals surface area contributed by atoms with Gasteiger partial charge in [-0.25, -0.2) is 9.55 Å². The Hall–Kier alpha value is -3.15. The first kappa shape index (κ1) is 25.0. The summed E-state index contributed by atoms with van der Waals surface area (Å²) in [5.41, 5.74) is 2.63.